The highest BCUT2D eigenvalue weighted by Gasteiger charge is 2.34. The van der Waals surface area contributed by atoms with E-state index in [0.717, 1.165) is 38.2 Å². The SMILES string of the molecule is O=C(Nc1cccc2c1C(CC1CCCC1)NC2=O)c1cc(F)cc(C(F)(F)F)c1. The molecule has 2 aliphatic rings. The van der Waals surface area contributed by atoms with E-state index in [2.05, 4.69) is 10.6 Å². The van der Waals surface area contributed by atoms with Gasteiger partial charge in [0.15, 0.2) is 0 Å². The predicted octanol–water partition coefficient (Wildman–Crippen LogP) is 5.46. The van der Waals surface area contributed by atoms with E-state index >= 15 is 0 Å². The molecule has 2 N–H and O–H groups in total. The van der Waals surface area contributed by atoms with Crippen LogP contribution in [0.15, 0.2) is 36.4 Å². The van der Waals surface area contributed by atoms with Crippen molar-refractivity contribution in [1.29, 1.82) is 0 Å². The van der Waals surface area contributed by atoms with Crippen molar-refractivity contribution in [2.24, 2.45) is 5.92 Å². The number of carbonyl (C=O) groups excluding carboxylic acids is 2. The van der Waals surface area contributed by atoms with Gasteiger partial charge in [-0.2, -0.15) is 13.2 Å². The van der Waals surface area contributed by atoms with Crippen LogP contribution in [-0.2, 0) is 6.18 Å². The fourth-order valence-corrected chi connectivity index (χ4v) is 4.39. The van der Waals surface area contributed by atoms with Crippen LogP contribution >= 0.6 is 0 Å². The summed E-state index contributed by atoms with van der Waals surface area (Å²) in [6, 6.07) is 6.29. The first-order valence-electron chi connectivity index (χ1n) is 9.85. The van der Waals surface area contributed by atoms with Gasteiger partial charge in [0.05, 0.1) is 11.6 Å². The van der Waals surface area contributed by atoms with Crippen LogP contribution in [-0.4, -0.2) is 11.8 Å². The maximum atomic E-state index is 13.7. The number of benzene rings is 2. The Hall–Kier alpha value is -2.90. The van der Waals surface area contributed by atoms with E-state index in [0.29, 0.717) is 34.9 Å². The number of amides is 2. The van der Waals surface area contributed by atoms with Gasteiger partial charge >= 0.3 is 6.18 Å². The average molecular weight is 420 g/mol. The summed E-state index contributed by atoms with van der Waals surface area (Å²) in [4.78, 5) is 25.0. The van der Waals surface area contributed by atoms with Crippen LogP contribution in [0.1, 0.15) is 70.0 Å². The number of anilines is 1. The van der Waals surface area contributed by atoms with Crippen LogP contribution in [0.25, 0.3) is 0 Å². The largest absolute Gasteiger partial charge is 0.416 e. The average Bonchev–Trinajstić information content (AvgIpc) is 3.30. The summed E-state index contributed by atoms with van der Waals surface area (Å²) in [5.41, 5.74) is -0.260. The summed E-state index contributed by atoms with van der Waals surface area (Å²) in [7, 11) is 0. The molecule has 1 saturated carbocycles. The molecule has 2 amide bonds. The quantitative estimate of drug-likeness (QED) is 0.645. The summed E-state index contributed by atoms with van der Waals surface area (Å²) in [5, 5.41) is 5.51. The molecule has 0 spiro atoms. The van der Waals surface area contributed by atoms with E-state index < -0.39 is 29.0 Å². The third kappa shape index (κ3) is 4.04. The van der Waals surface area contributed by atoms with E-state index in [-0.39, 0.29) is 11.9 Å². The standard InChI is InChI=1S/C22H20F4N2O2/c23-15-10-13(9-14(11-15)22(24,25)26)20(29)27-17-7-3-6-16-19(17)18(28-21(16)30)8-12-4-1-2-5-12/h3,6-7,9-12,18H,1-2,4-5,8H2,(H,27,29)(H,28,30). The highest BCUT2D eigenvalue weighted by molar-refractivity contribution is 6.07. The molecule has 1 fully saturated rings. The van der Waals surface area contributed by atoms with Crippen LogP contribution < -0.4 is 10.6 Å². The molecule has 1 heterocycles. The molecule has 158 valence electrons. The van der Waals surface area contributed by atoms with Crippen molar-refractivity contribution in [2.75, 3.05) is 5.32 Å². The maximum Gasteiger partial charge on any atom is 0.416 e. The molecule has 4 nitrogen and oxygen atoms in total. The lowest BCUT2D eigenvalue weighted by Crippen LogP contribution is -2.21. The Bertz CT molecular complexity index is 997. The third-order valence-corrected chi connectivity index (χ3v) is 5.78. The van der Waals surface area contributed by atoms with Crippen molar-refractivity contribution in [3.63, 3.8) is 0 Å². The van der Waals surface area contributed by atoms with E-state index in [4.69, 9.17) is 0 Å². The lowest BCUT2D eigenvalue weighted by atomic mass is 9.92. The van der Waals surface area contributed by atoms with E-state index in [9.17, 15) is 27.2 Å². The zero-order chi connectivity index (χ0) is 21.5. The minimum Gasteiger partial charge on any atom is -0.345 e. The molecule has 1 unspecified atom stereocenters. The zero-order valence-electron chi connectivity index (χ0n) is 16.0. The first-order valence-corrected chi connectivity index (χ1v) is 9.85. The number of alkyl halides is 3. The number of halogens is 4. The van der Waals surface area contributed by atoms with Gasteiger partial charge in [-0.3, -0.25) is 9.59 Å². The van der Waals surface area contributed by atoms with Crippen molar-refractivity contribution in [2.45, 2.75) is 44.3 Å². The highest BCUT2D eigenvalue weighted by atomic mass is 19.4. The van der Waals surface area contributed by atoms with Crippen LogP contribution in [0.5, 0.6) is 0 Å². The summed E-state index contributed by atoms with van der Waals surface area (Å²) < 4.78 is 52.6. The number of rotatable bonds is 4. The van der Waals surface area contributed by atoms with Gasteiger partial charge in [0.2, 0.25) is 0 Å². The van der Waals surface area contributed by atoms with Crippen molar-refractivity contribution in [3.8, 4) is 0 Å². The van der Waals surface area contributed by atoms with Crippen molar-refractivity contribution >= 4 is 17.5 Å². The van der Waals surface area contributed by atoms with Gasteiger partial charge in [0.25, 0.3) is 11.8 Å². The van der Waals surface area contributed by atoms with E-state index in [1.807, 2.05) is 0 Å². The maximum absolute atomic E-state index is 13.7. The number of hydrogen-bond donors (Lipinski definition) is 2. The predicted molar refractivity (Wildman–Crippen MR) is 103 cm³/mol. The Morgan fingerprint density at radius 2 is 1.87 bits per heavy atom. The normalized spacial score (nSPS) is 18.9. The molecule has 2 aromatic carbocycles. The fraction of sp³-hybridized carbons (Fsp3) is 0.364. The fourth-order valence-electron chi connectivity index (χ4n) is 4.39. The van der Waals surface area contributed by atoms with Crippen molar-refractivity contribution in [3.05, 3.63) is 64.5 Å². The highest BCUT2D eigenvalue weighted by Crippen LogP contribution is 2.40. The number of nitrogens with one attached hydrogen (secondary N) is 2. The third-order valence-electron chi connectivity index (χ3n) is 5.78. The van der Waals surface area contributed by atoms with Crippen LogP contribution in [0, 0.1) is 11.7 Å². The second-order valence-corrected chi connectivity index (χ2v) is 7.86. The molecule has 0 bridgehead atoms. The Morgan fingerprint density at radius 3 is 2.57 bits per heavy atom. The van der Waals surface area contributed by atoms with Crippen LogP contribution in [0.4, 0.5) is 23.2 Å². The van der Waals surface area contributed by atoms with Gasteiger partial charge in [-0.25, -0.2) is 4.39 Å². The monoisotopic (exact) mass is 420 g/mol. The minimum absolute atomic E-state index is 0.241. The van der Waals surface area contributed by atoms with Crippen LogP contribution in [0.2, 0.25) is 0 Å². The van der Waals surface area contributed by atoms with Gasteiger partial charge in [-0.05, 0) is 42.7 Å². The topological polar surface area (TPSA) is 58.2 Å². The second kappa shape index (κ2) is 7.74. The molecule has 0 aromatic heterocycles. The molecule has 1 aliphatic heterocycles. The molecule has 1 aliphatic carbocycles. The summed E-state index contributed by atoms with van der Waals surface area (Å²) in [6.07, 6.45) is 0.437. The lowest BCUT2D eigenvalue weighted by molar-refractivity contribution is -0.137. The first-order chi connectivity index (χ1) is 14.2. The molecule has 4 rings (SSSR count). The van der Waals surface area contributed by atoms with E-state index in [1.54, 1.807) is 18.2 Å². The Kier molecular flexibility index (Phi) is 5.26. The Balaban J connectivity index is 1.62. The van der Waals surface area contributed by atoms with Gasteiger partial charge in [-0.15, -0.1) is 0 Å². The van der Waals surface area contributed by atoms with E-state index in [1.165, 1.54) is 0 Å². The van der Waals surface area contributed by atoms with Gasteiger partial charge in [-0.1, -0.05) is 31.7 Å². The Morgan fingerprint density at radius 1 is 1.13 bits per heavy atom. The number of carbonyl (C=O) groups is 2. The summed E-state index contributed by atoms with van der Waals surface area (Å²) >= 11 is 0. The summed E-state index contributed by atoms with van der Waals surface area (Å²) in [5.74, 6) is -1.78. The number of fused-ring (bicyclic) bond motifs is 1. The zero-order valence-corrected chi connectivity index (χ0v) is 16.0. The van der Waals surface area contributed by atoms with Gasteiger partial charge < -0.3 is 10.6 Å². The molecular weight excluding hydrogens is 400 g/mol. The van der Waals surface area contributed by atoms with Gasteiger partial charge in [0, 0.05) is 22.4 Å². The molecule has 2 aromatic rings. The number of hydrogen-bond acceptors (Lipinski definition) is 2. The van der Waals surface area contributed by atoms with Gasteiger partial charge in [0.1, 0.15) is 5.82 Å². The van der Waals surface area contributed by atoms with Crippen LogP contribution in [0.3, 0.4) is 0 Å². The molecular formula is C22H20F4N2O2. The smallest absolute Gasteiger partial charge is 0.345 e. The summed E-state index contributed by atoms with van der Waals surface area (Å²) in [6.45, 7) is 0. The molecule has 0 radical (unpaired) electrons. The second-order valence-electron chi connectivity index (χ2n) is 7.86. The molecule has 1 atom stereocenters. The molecule has 30 heavy (non-hydrogen) atoms. The molecule has 0 saturated heterocycles. The lowest BCUT2D eigenvalue weighted by Gasteiger charge is -2.19. The van der Waals surface area contributed by atoms with Crippen molar-refractivity contribution in [1.82, 2.24) is 5.32 Å². The Labute approximate surface area is 170 Å². The molecule has 8 heteroatoms. The van der Waals surface area contributed by atoms with Crippen molar-refractivity contribution < 1.29 is 27.2 Å². The first kappa shape index (κ1) is 20.4. The minimum atomic E-state index is -4.77.